The van der Waals surface area contributed by atoms with Gasteiger partial charge in [0.2, 0.25) is 0 Å². The molecule has 1 heterocycles. The van der Waals surface area contributed by atoms with E-state index < -0.39 is 34.4 Å². The minimum atomic E-state index is -3.06. The summed E-state index contributed by atoms with van der Waals surface area (Å²) in [6, 6.07) is 5.06. The molecule has 1 aromatic carbocycles. The molecule has 0 aliphatic carbocycles. The number of carbonyl (C=O) groups is 2. The summed E-state index contributed by atoms with van der Waals surface area (Å²) >= 11 is 0. The van der Waals surface area contributed by atoms with Crippen molar-refractivity contribution in [3.63, 3.8) is 0 Å². The van der Waals surface area contributed by atoms with Crippen molar-refractivity contribution < 1.29 is 27.5 Å². The van der Waals surface area contributed by atoms with Gasteiger partial charge >= 0.3 is 5.97 Å². The number of methoxy groups -OCH3 is 1. The van der Waals surface area contributed by atoms with Gasteiger partial charge in [-0.1, -0.05) is 17.7 Å². The van der Waals surface area contributed by atoms with Crippen molar-refractivity contribution in [2.24, 2.45) is 0 Å². The zero-order valence-corrected chi connectivity index (χ0v) is 14.5. The van der Waals surface area contributed by atoms with Crippen LogP contribution < -0.4 is 10.1 Å². The number of ether oxygens (including phenoxy) is 2. The van der Waals surface area contributed by atoms with Gasteiger partial charge in [-0.05, 0) is 19.4 Å². The predicted octanol–water partition coefficient (Wildman–Crippen LogP) is 0.393. The van der Waals surface area contributed by atoms with Crippen LogP contribution in [0.15, 0.2) is 18.2 Å². The zero-order valence-electron chi connectivity index (χ0n) is 13.7. The highest BCUT2D eigenvalue weighted by Gasteiger charge is 2.29. The maximum Gasteiger partial charge on any atom is 0.310 e. The largest absolute Gasteiger partial charge is 0.496 e. The fourth-order valence-corrected chi connectivity index (χ4v) is 4.25. The lowest BCUT2D eigenvalue weighted by molar-refractivity contribution is -0.148. The lowest BCUT2D eigenvalue weighted by Gasteiger charge is -2.12. The van der Waals surface area contributed by atoms with Crippen LogP contribution in [0, 0.1) is 6.92 Å². The Morgan fingerprint density at radius 2 is 2.08 bits per heavy atom. The summed E-state index contributed by atoms with van der Waals surface area (Å²) in [7, 11) is -1.54. The number of esters is 1. The molecule has 132 valence electrons. The minimum absolute atomic E-state index is 0.00403. The standard InChI is InChI=1S/C16H21NO6S/c1-11-3-4-14(22-2)12(7-11)8-16(19)23-9-15(18)17-13-5-6-24(20,21)10-13/h3-4,7,13H,5-6,8-10H2,1-2H3,(H,17,18)/t13-/m0/s1. The molecule has 0 bridgehead atoms. The van der Waals surface area contributed by atoms with Crippen LogP contribution in [-0.2, 0) is 30.6 Å². The second-order valence-electron chi connectivity index (χ2n) is 5.82. The quantitative estimate of drug-likeness (QED) is 0.742. The van der Waals surface area contributed by atoms with Gasteiger partial charge in [0, 0.05) is 11.6 Å². The number of hydrogen-bond donors (Lipinski definition) is 1. The molecule has 1 aliphatic rings. The van der Waals surface area contributed by atoms with E-state index in [4.69, 9.17) is 9.47 Å². The van der Waals surface area contributed by atoms with E-state index in [1.54, 1.807) is 6.07 Å². The lowest BCUT2D eigenvalue weighted by Crippen LogP contribution is -2.38. The first kappa shape index (κ1) is 18.3. The van der Waals surface area contributed by atoms with Crippen molar-refractivity contribution in [1.82, 2.24) is 5.32 Å². The number of hydrogen-bond acceptors (Lipinski definition) is 6. The van der Waals surface area contributed by atoms with E-state index in [1.807, 2.05) is 19.1 Å². The van der Waals surface area contributed by atoms with E-state index in [0.29, 0.717) is 17.7 Å². The zero-order chi connectivity index (χ0) is 17.7. The maximum atomic E-state index is 11.9. The maximum absolute atomic E-state index is 11.9. The summed E-state index contributed by atoms with van der Waals surface area (Å²) in [5.74, 6) is -0.453. The van der Waals surface area contributed by atoms with Crippen LogP contribution >= 0.6 is 0 Å². The number of sulfone groups is 1. The number of amides is 1. The third-order valence-corrected chi connectivity index (χ3v) is 5.50. The number of nitrogens with one attached hydrogen (secondary N) is 1. The van der Waals surface area contributed by atoms with Crippen molar-refractivity contribution in [1.29, 1.82) is 0 Å². The third kappa shape index (κ3) is 5.23. The summed E-state index contributed by atoms with van der Waals surface area (Å²) in [6.45, 7) is 1.47. The summed E-state index contributed by atoms with van der Waals surface area (Å²) in [4.78, 5) is 23.6. The Bertz CT molecular complexity index is 728. The van der Waals surface area contributed by atoms with E-state index in [9.17, 15) is 18.0 Å². The first-order valence-corrected chi connectivity index (χ1v) is 9.40. The van der Waals surface area contributed by atoms with Gasteiger partial charge in [0.15, 0.2) is 16.4 Å². The van der Waals surface area contributed by atoms with Crippen LogP contribution in [0.5, 0.6) is 5.75 Å². The normalized spacial score (nSPS) is 18.8. The Morgan fingerprint density at radius 1 is 1.33 bits per heavy atom. The molecule has 1 atom stereocenters. The molecule has 0 radical (unpaired) electrons. The Labute approximate surface area is 141 Å². The molecule has 1 aliphatic heterocycles. The number of carbonyl (C=O) groups excluding carboxylic acids is 2. The monoisotopic (exact) mass is 355 g/mol. The second-order valence-corrected chi connectivity index (χ2v) is 8.05. The molecule has 2 rings (SSSR count). The third-order valence-electron chi connectivity index (χ3n) is 3.73. The van der Waals surface area contributed by atoms with E-state index in [2.05, 4.69) is 5.32 Å². The van der Waals surface area contributed by atoms with Gasteiger partial charge in [-0.15, -0.1) is 0 Å². The van der Waals surface area contributed by atoms with Gasteiger partial charge in [-0.3, -0.25) is 9.59 Å². The highest BCUT2D eigenvalue weighted by atomic mass is 32.2. The number of benzene rings is 1. The molecule has 8 heteroatoms. The Kier molecular flexibility index (Phi) is 5.82. The first-order chi connectivity index (χ1) is 11.3. The van der Waals surface area contributed by atoms with Crippen molar-refractivity contribution in [2.75, 3.05) is 25.2 Å². The average molecular weight is 355 g/mol. The van der Waals surface area contributed by atoms with E-state index in [1.165, 1.54) is 7.11 Å². The SMILES string of the molecule is COc1ccc(C)cc1CC(=O)OCC(=O)N[C@H]1CCS(=O)(=O)C1. The van der Waals surface area contributed by atoms with Gasteiger partial charge < -0.3 is 14.8 Å². The first-order valence-electron chi connectivity index (χ1n) is 7.58. The Balaban J connectivity index is 1.81. The highest BCUT2D eigenvalue weighted by Crippen LogP contribution is 2.20. The molecule has 0 aromatic heterocycles. The smallest absolute Gasteiger partial charge is 0.310 e. The average Bonchev–Trinajstić information content (AvgIpc) is 2.84. The van der Waals surface area contributed by atoms with Gasteiger partial charge in [0.1, 0.15) is 5.75 Å². The Hall–Kier alpha value is -2.09. The molecule has 7 nitrogen and oxygen atoms in total. The molecule has 1 N–H and O–H groups in total. The van der Waals surface area contributed by atoms with Crippen molar-refractivity contribution in [3.8, 4) is 5.75 Å². The van der Waals surface area contributed by atoms with Gasteiger partial charge in [-0.2, -0.15) is 0 Å². The van der Waals surface area contributed by atoms with Crippen LogP contribution in [0.2, 0.25) is 0 Å². The summed E-state index contributed by atoms with van der Waals surface area (Å²) in [6.07, 6.45) is 0.387. The van der Waals surface area contributed by atoms with Crippen molar-refractivity contribution in [2.45, 2.75) is 25.8 Å². The van der Waals surface area contributed by atoms with Crippen molar-refractivity contribution in [3.05, 3.63) is 29.3 Å². The number of rotatable bonds is 6. The summed E-state index contributed by atoms with van der Waals surface area (Å²) in [5, 5.41) is 2.57. The van der Waals surface area contributed by atoms with Crippen LogP contribution in [0.4, 0.5) is 0 Å². The topological polar surface area (TPSA) is 98.8 Å². The minimum Gasteiger partial charge on any atom is -0.496 e. The van der Waals surface area contributed by atoms with Gasteiger partial charge in [0.25, 0.3) is 5.91 Å². The van der Waals surface area contributed by atoms with E-state index in [-0.39, 0.29) is 17.9 Å². The fourth-order valence-electron chi connectivity index (χ4n) is 2.58. The predicted molar refractivity (Wildman–Crippen MR) is 87.6 cm³/mol. The van der Waals surface area contributed by atoms with Gasteiger partial charge in [-0.25, -0.2) is 8.42 Å². The van der Waals surface area contributed by atoms with Crippen LogP contribution in [0.1, 0.15) is 17.5 Å². The van der Waals surface area contributed by atoms with E-state index >= 15 is 0 Å². The summed E-state index contributed by atoms with van der Waals surface area (Å²) in [5.41, 5.74) is 1.67. The highest BCUT2D eigenvalue weighted by molar-refractivity contribution is 7.91. The van der Waals surface area contributed by atoms with Crippen LogP contribution in [-0.4, -0.2) is 51.6 Å². The molecule has 1 aromatic rings. The molecular weight excluding hydrogens is 334 g/mol. The summed E-state index contributed by atoms with van der Waals surface area (Å²) < 4.78 is 32.8. The van der Waals surface area contributed by atoms with Crippen LogP contribution in [0.3, 0.4) is 0 Å². The molecule has 0 spiro atoms. The van der Waals surface area contributed by atoms with E-state index in [0.717, 1.165) is 5.56 Å². The molecule has 0 unspecified atom stereocenters. The second kappa shape index (κ2) is 7.65. The lowest BCUT2D eigenvalue weighted by atomic mass is 10.1. The molecule has 1 fully saturated rings. The molecule has 1 amide bonds. The molecule has 1 saturated heterocycles. The Morgan fingerprint density at radius 3 is 2.71 bits per heavy atom. The molecule has 24 heavy (non-hydrogen) atoms. The van der Waals surface area contributed by atoms with Gasteiger partial charge in [0.05, 0.1) is 25.0 Å². The molecule has 0 saturated carbocycles. The fraction of sp³-hybridized carbons (Fsp3) is 0.500. The number of aryl methyl sites for hydroxylation is 1. The van der Waals surface area contributed by atoms with Crippen molar-refractivity contribution >= 4 is 21.7 Å². The molecular formula is C16H21NO6S. The van der Waals surface area contributed by atoms with Crippen LogP contribution in [0.25, 0.3) is 0 Å².